The molecule has 2 aromatic carbocycles. The third-order valence-electron chi connectivity index (χ3n) is 4.77. The van der Waals surface area contributed by atoms with E-state index in [1.165, 1.54) is 0 Å². The van der Waals surface area contributed by atoms with E-state index in [9.17, 15) is 14.4 Å². The van der Waals surface area contributed by atoms with Gasteiger partial charge < -0.3 is 15.5 Å². The van der Waals surface area contributed by atoms with Crippen LogP contribution < -0.4 is 10.6 Å². The van der Waals surface area contributed by atoms with Crippen LogP contribution in [0.3, 0.4) is 0 Å². The van der Waals surface area contributed by atoms with Gasteiger partial charge in [-0.15, -0.1) is 0 Å². The van der Waals surface area contributed by atoms with Gasteiger partial charge in [0.05, 0.1) is 12.5 Å². The van der Waals surface area contributed by atoms with Gasteiger partial charge in [-0.3, -0.25) is 14.4 Å². The van der Waals surface area contributed by atoms with Crippen LogP contribution in [0, 0.1) is 12.8 Å². The summed E-state index contributed by atoms with van der Waals surface area (Å²) in [4.78, 5) is 38.4. The van der Waals surface area contributed by atoms with Crippen LogP contribution in [0.5, 0.6) is 0 Å². The van der Waals surface area contributed by atoms with E-state index in [1.54, 1.807) is 23.1 Å². The van der Waals surface area contributed by atoms with Gasteiger partial charge in [0.1, 0.15) is 0 Å². The van der Waals surface area contributed by atoms with Crippen LogP contribution in [0.2, 0.25) is 5.02 Å². The molecule has 0 unspecified atom stereocenters. The third-order valence-corrected chi connectivity index (χ3v) is 5.18. The molecule has 0 aliphatic carbocycles. The molecule has 1 saturated heterocycles. The molecule has 1 fully saturated rings. The highest BCUT2D eigenvalue weighted by molar-refractivity contribution is 6.31. The van der Waals surface area contributed by atoms with E-state index in [-0.39, 0.29) is 30.7 Å². The molecule has 3 rings (SSSR count). The van der Waals surface area contributed by atoms with Gasteiger partial charge in [0.25, 0.3) is 0 Å². The minimum absolute atomic E-state index is 0.0528. The van der Waals surface area contributed by atoms with Gasteiger partial charge in [0.2, 0.25) is 17.7 Å². The second-order valence-corrected chi connectivity index (χ2v) is 7.25. The molecular weight excluding hydrogens is 378 g/mol. The van der Waals surface area contributed by atoms with E-state index in [2.05, 4.69) is 10.6 Å². The number of anilines is 1. The van der Waals surface area contributed by atoms with Crippen LogP contribution in [-0.4, -0.2) is 35.7 Å². The fourth-order valence-corrected chi connectivity index (χ4v) is 3.33. The predicted molar refractivity (Wildman–Crippen MR) is 108 cm³/mol. The number of amides is 3. The maximum atomic E-state index is 12.4. The summed E-state index contributed by atoms with van der Waals surface area (Å²) in [5.74, 6) is -1.13. The first-order valence-electron chi connectivity index (χ1n) is 9.08. The normalized spacial score (nSPS) is 16.1. The van der Waals surface area contributed by atoms with Crippen molar-refractivity contribution >= 4 is 35.0 Å². The van der Waals surface area contributed by atoms with Gasteiger partial charge in [-0.25, -0.2) is 0 Å². The zero-order valence-corrected chi connectivity index (χ0v) is 16.3. The number of halogens is 1. The molecule has 0 radical (unpaired) electrons. The molecule has 0 spiro atoms. The monoisotopic (exact) mass is 399 g/mol. The number of carbonyl (C=O) groups is 3. The molecule has 3 amide bonds. The molecule has 146 valence electrons. The van der Waals surface area contributed by atoms with E-state index < -0.39 is 5.92 Å². The minimum Gasteiger partial charge on any atom is -0.347 e. The summed E-state index contributed by atoms with van der Waals surface area (Å²) in [6.07, 6.45) is 0.160. The Hall–Kier alpha value is -2.86. The average molecular weight is 400 g/mol. The summed E-state index contributed by atoms with van der Waals surface area (Å²) in [6, 6.07) is 14.9. The molecule has 1 aliphatic heterocycles. The molecule has 7 heteroatoms. The van der Waals surface area contributed by atoms with E-state index in [0.29, 0.717) is 23.8 Å². The molecule has 1 atom stereocenters. The fraction of sp³-hybridized carbons (Fsp3) is 0.286. The minimum atomic E-state index is -0.447. The Kier molecular flexibility index (Phi) is 6.31. The Morgan fingerprint density at radius 3 is 2.64 bits per heavy atom. The smallest absolute Gasteiger partial charge is 0.243 e. The summed E-state index contributed by atoms with van der Waals surface area (Å²) < 4.78 is 0. The zero-order valence-electron chi connectivity index (χ0n) is 15.6. The Balaban J connectivity index is 1.49. The SMILES string of the molecule is Cc1c(Cl)cccc1NC(=O)CNC(=O)[C@H]1CC(=O)N(Cc2ccccc2)C1. The second-order valence-electron chi connectivity index (χ2n) is 6.84. The lowest BCUT2D eigenvalue weighted by Crippen LogP contribution is -2.37. The van der Waals surface area contributed by atoms with Crippen LogP contribution in [0.15, 0.2) is 48.5 Å². The first-order chi connectivity index (χ1) is 13.4. The van der Waals surface area contributed by atoms with E-state index >= 15 is 0 Å². The van der Waals surface area contributed by atoms with Crippen molar-refractivity contribution in [3.05, 3.63) is 64.7 Å². The first-order valence-corrected chi connectivity index (χ1v) is 9.46. The predicted octanol–water partition coefficient (Wildman–Crippen LogP) is 2.75. The number of hydrogen-bond donors (Lipinski definition) is 2. The number of nitrogens with zero attached hydrogens (tertiary/aromatic N) is 1. The number of likely N-dealkylation sites (tertiary alicyclic amines) is 1. The molecule has 0 aromatic heterocycles. The Morgan fingerprint density at radius 1 is 1.14 bits per heavy atom. The van der Waals surface area contributed by atoms with Crippen molar-refractivity contribution in [2.24, 2.45) is 5.92 Å². The van der Waals surface area contributed by atoms with Crippen molar-refractivity contribution in [2.45, 2.75) is 19.9 Å². The van der Waals surface area contributed by atoms with Crippen molar-refractivity contribution < 1.29 is 14.4 Å². The van der Waals surface area contributed by atoms with Crippen molar-refractivity contribution in [3.63, 3.8) is 0 Å². The van der Waals surface area contributed by atoms with Crippen LogP contribution in [0.4, 0.5) is 5.69 Å². The summed E-state index contributed by atoms with van der Waals surface area (Å²) in [5.41, 5.74) is 2.40. The van der Waals surface area contributed by atoms with Gasteiger partial charge >= 0.3 is 0 Å². The van der Waals surface area contributed by atoms with E-state index in [1.807, 2.05) is 37.3 Å². The van der Waals surface area contributed by atoms with Crippen molar-refractivity contribution in [3.8, 4) is 0 Å². The summed E-state index contributed by atoms with van der Waals surface area (Å²) >= 11 is 6.04. The van der Waals surface area contributed by atoms with Crippen LogP contribution in [0.1, 0.15) is 17.5 Å². The highest BCUT2D eigenvalue weighted by Gasteiger charge is 2.34. The van der Waals surface area contributed by atoms with Crippen molar-refractivity contribution in [2.75, 3.05) is 18.4 Å². The standard InChI is InChI=1S/C21H22ClN3O3/c1-14-17(22)8-5-9-18(14)24-19(26)11-23-21(28)16-10-20(27)25(13-16)12-15-6-3-2-4-7-15/h2-9,16H,10-13H2,1H3,(H,23,28)(H,24,26)/t16-/m0/s1. The highest BCUT2D eigenvalue weighted by Crippen LogP contribution is 2.23. The number of nitrogens with one attached hydrogen (secondary N) is 2. The highest BCUT2D eigenvalue weighted by atomic mass is 35.5. The lowest BCUT2D eigenvalue weighted by atomic mass is 10.1. The van der Waals surface area contributed by atoms with Gasteiger partial charge in [-0.1, -0.05) is 48.0 Å². The van der Waals surface area contributed by atoms with E-state index in [0.717, 1.165) is 11.1 Å². The first kappa shape index (κ1) is 19.9. The number of carbonyl (C=O) groups excluding carboxylic acids is 3. The molecule has 0 saturated carbocycles. The quantitative estimate of drug-likeness (QED) is 0.784. The summed E-state index contributed by atoms with van der Waals surface area (Å²) in [7, 11) is 0. The lowest BCUT2D eigenvalue weighted by Gasteiger charge is -2.16. The Morgan fingerprint density at radius 2 is 1.89 bits per heavy atom. The molecule has 28 heavy (non-hydrogen) atoms. The largest absolute Gasteiger partial charge is 0.347 e. The topological polar surface area (TPSA) is 78.5 Å². The molecule has 0 bridgehead atoms. The average Bonchev–Trinajstić information content (AvgIpc) is 3.05. The number of benzene rings is 2. The molecule has 1 heterocycles. The lowest BCUT2D eigenvalue weighted by molar-refractivity contribution is -0.129. The molecule has 6 nitrogen and oxygen atoms in total. The van der Waals surface area contributed by atoms with Crippen LogP contribution in [0.25, 0.3) is 0 Å². The fourth-order valence-electron chi connectivity index (χ4n) is 3.15. The van der Waals surface area contributed by atoms with Gasteiger partial charge in [-0.05, 0) is 30.2 Å². The van der Waals surface area contributed by atoms with Gasteiger partial charge in [-0.2, -0.15) is 0 Å². The maximum Gasteiger partial charge on any atom is 0.243 e. The van der Waals surface area contributed by atoms with Crippen molar-refractivity contribution in [1.29, 1.82) is 0 Å². The van der Waals surface area contributed by atoms with Crippen LogP contribution >= 0.6 is 11.6 Å². The molecule has 2 N–H and O–H groups in total. The molecule has 1 aliphatic rings. The number of rotatable bonds is 6. The van der Waals surface area contributed by atoms with Crippen LogP contribution in [-0.2, 0) is 20.9 Å². The molecule has 2 aromatic rings. The number of hydrogen-bond acceptors (Lipinski definition) is 3. The summed E-state index contributed by atoms with van der Waals surface area (Å²) in [5, 5.41) is 5.91. The maximum absolute atomic E-state index is 12.4. The Bertz CT molecular complexity index is 886. The van der Waals surface area contributed by atoms with E-state index in [4.69, 9.17) is 11.6 Å². The van der Waals surface area contributed by atoms with Gasteiger partial charge in [0, 0.05) is 30.2 Å². The Labute approximate surface area is 168 Å². The summed E-state index contributed by atoms with van der Waals surface area (Å²) in [6.45, 7) is 2.49. The third kappa shape index (κ3) is 4.89. The van der Waals surface area contributed by atoms with Gasteiger partial charge in [0.15, 0.2) is 0 Å². The molecular formula is C21H22ClN3O3. The zero-order chi connectivity index (χ0) is 20.1. The van der Waals surface area contributed by atoms with Crippen molar-refractivity contribution in [1.82, 2.24) is 10.2 Å². The second kappa shape index (κ2) is 8.89.